The molecule has 0 amide bonds. The Labute approximate surface area is 218 Å². The minimum Gasteiger partial charge on any atom is -1.00 e. The van der Waals surface area contributed by atoms with Crippen LogP contribution in [0.1, 0.15) is 49.2 Å². The molecule has 0 bridgehead atoms. The minimum absolute atomic E-state index is 0. The van der Waals surface area contributed by atoms with Gasteiger partial charge in [0.05, 0.1) is 5.30 Å². The van der Waals surface area contributed by atoms with Gasteiger partial charge in [-0.2, -0.15) is 0 Å². The molecule has 2 aromatic rings. The molecule has 0 spiro atoms. The van der Waals surface area contributed by atoms with Crippen LogP contribution in [0.4, 0.5) is 0 Å². The normalized spacial score (nSPS) is 13.8. The number of hydrogen-bond acceptors (Lipinski definition) is 7. The molecule has 0 aromatic heterocycles. The van der Waals surface area contributed by atoms with E-state index >= 15 is 0 Å². The van der Waals surface area contributed by atoms with Crippen LogP contribution >= 0.6 is 8.58 Å². The van der Waals surface area contributed by atoms with Crippen molar-refractivity contribution in [3.05, 3.63) is 46.5 Å². The van der Waals surface area contributed by atoms with Crippen molar-refractivity contribution in [1.82, 2.24) is 0 Å². The van der Waals surface area contributed by atoms with E-state index in [1.165, 1.54) is 0 Å². The third-order valence-corrected chi connectivity index (χ3v) is 6.29. The number of aryl methyl sites for hydroxylation is 3. The maximum Gasteiger partial charge on any atom is 1.00 e. The fraction of sp³-hybridized carbons (Fsp3) is 0.480. The minimum atomic E-state index is -0.547. The van der Waals surface area contributed by atoms with E-state index in [-0.39, 0.29) is 34.4 Å². The van der Waals surface area contributed by atoms with Gasteiger partial charge in [-0.05, 0) is 61.3 Å². The van der Waals surface area contributed by atoms with Crippen LogP contribution in [0.15, 0.2) is 24.3 Å². The van der Waals surface area contributed by atoms with Crippen LogP contribution in [0, 0.1) is 20.8 Å². The number of ether oxygens (including phenoxy) is 6. The van der Waals surface area contributed by atoms with Gasteiger partial charge in [0, 0.05) is 39.0 Å². The van der Waals surface area contributed by atoms with Gasteiger partial charge in [-0.25, -0.2) is 0 Å². The first-order chi connectivity index (χ1) is 15.6. The molecule has 2 aromatic carbocycles. The van der Waals surface area contributed by atoms with E-state index in [4.69, 9.17) is 28.4 Å². The Morgan fingerprint density at radius 1 is 0.765 bits per heavy atom. The topological polar surface area (TPSA) is 72.5 Å². The zero-order chi connectivity index (χ0) is 24.7. The predicted octanol–water partition coefficient (Wildman–Crippen LogP) is 1.99. The number of benzene rings is 2. The van der Waals surface area contributed by atoms with Crippen molar-refractivity contribution in [3.63, 3.8) is 0 Å². The summed E-state index contributed by atoms with van der Waals surface area (Å²) in [7, 11) is 4.41. The van der Waals surface area contributed by atoms with Crippen LogP contribution in [0.3, 0.4) is 0 Å². The van der Waals surface area contributed by atoms with E-state index in [9.17, 15) is 4.79 Å². The Hall–Kier alpha value is -1.58. The van der Waals surface area contributed by atoms with E-state index in [2.05, 4.69) is 0 Å². The van der Waals surface area contributed by atoms with Crippen LogP contribution in [0.5, 0.6) is 17.2 Å². The second-order valence-electron chi connectivity index (χ2n) is 7.79. The van der Waals surface area contributed by atoms with Gasteiger partial charge in [0.25, 0.3) is 0 Å². The molecular weight excluding hydrogens is 450 g/mol. The van der Waals surface area contributed by atoms with Gasteiger partial charge in [0.2, 0.25) is 0 Å². The summed E-state index contributed by atoms with van der Waals surface area (Å²) >= 11 is 0. The first kappa shape index (κ1) is 30.4. The van der Waals surface area contributed by atoms with Crippen molar-refractivity contribution in [2.45, 2.75) is 60.4 Å². The van der Waals surface area contributed by atoms with Crippen molar-refractivity contribution in [2.75, 3.05) is 21.3 Å². The summed E-state index contributed by atoms with van der Waals surface area (Å²) in [5.41, 5.74) is 3.71. The predicted molar refractivity (Wildman–Crippen MR) is 132 cm³/mol. The number of carbonyl (C=O) groups excluding carboxylic acids is 1. The molecule has 0 saturated heterocycles. The summed E-state index contributed by atoms with van der Waals surface area (Å²) in [6.07, 6.45) is -1.58. The maximum absolute atomic E-state index is 13.5. The summed E-state index contributed by atoms with van der Waals surface area (Å²) in [5.74, 6) is 1.36. The molecule has 7 nitrogen and oxygen atoms in total. The summed E-state index contributed by atoms with van der Waals surface area (Å²) in [6.45, 7) is 11.2. The summed E-state index contributed by atoms with van der Waals surface area (Å²) < 4.78 is 33.7. The van der Waals surface area contributed by atoms with Crippen LogP contribution in [0.2, 0.25) is 0 Å². The molecule has 0 aliphatic rings. The average molecular weight is 486 g/mol. The Morgan fingerprint density at radius 2 is 1.18 bits per heavy atom. The number of rotatable bonds is 12. The molecule has 0 heterocycles. The second kappa shape index (κ2) is 14.1. The average Bonchev–Trinajstić information content (AvgIpc) is 2.74. The largest absolute Gasteiger partial charge is 1.00 e. The van der Waals surface area contributed by atoms with Crippen LogP contribution in [0.25, 0.3) is 0 Å². The number of hydrogen-bond donors (Lipinski definition) is 0. The third-order valence-electron chi connectivity index (χ3n) is 5.07. The second-order valence-corrected chi connectivity index (χ2v) is 8.99. The molecule has 34 heavy (non-hydrogen) atoms. The molecule has 9 heteroatoms. The molecule has 4 unspecified atom stereocenters. The van der Waals surface area contributed by atoms with Gasteiger partial charge in [-0.1, -0.05) is 17.7 Å². The van der Waals surface area contributed by atoms with E-state index in [0.29, 0.717) is 28.1 Å². The molecule has 0 N–H and O–H groups in total. The van der Waals surface area contributed by atoms with Gasteiger partial charge >= 0.3 is 18.9 Å². The number of methoxy groups -OCH3 is 3. The summed E-state index contributed by atoms with van der Waals surface area (Å²) in [6, 6.07) is 7.48. The van der Waals surface area contributed by atoms with Crippen molar-refractivity contribution < 1.29 is 53.5 Å². The molecule has 4 atom stereocenters. The van der Waals surface area contributed by atoms with Gasteiger partial charge in [0.15, 0.2) is 24.4 Å². The third kappa shape index (κ3) is 8.27. The van der Waals surface area contributed by atoms with Crippen LogP contribution < -0.4 is 38.4 Å². The molecular formula is C25H36LiO7P. The Balaban J connectivity index is 0.00000578. The van der Waals surface area contributed by atoms with Crippen molar-refractivity contribution in [1.29, 1.82) is 0 Å². The first-order valence-electron chi connectivity index (χ1n) is 10.7. The van der Waals surface area contributed by atoms with Crippen molar-refractivity contribution in [3.8, 4) is 17.2 Å². The van der Waals surface area contributed by atoms with Gasteiger partial charge < -0.3 is 29.8 Å². The van der Waals surface area contributed by atoms with E-state index in [1.807, 2.05) is 32.9 Å². The molecule has 2 rings (SSSR count). The van der Waals surface area contributed by atoms with E-state index in [1.54, 1.807) is 54.2 Å². The van der Waals surface area contributed by atoms with E-state index in [0.717, 1.165) is 16.7 Å². The zero-order valence-electron chi connectivity index (χ0n) is 22.9. The van der Waals surface area contributed by atoms with Crippen LogP contribution in [-0.2, 0) is 14.2 Å². The molecule has 0 aliphatic carbocycles. The molecule has 0 fully saturated rings. The SMILES string of the molecule is COC(C)Oc1cc(OC(C)OC)c(PC(=O)c2c(C)cc(C)cc2C)c(OC(C)OC)c1.[H-].[Li+]. The monoisotopic (exact) mass is 486 g/mol. The summed E-state index contributed by atoms with van der Waals surface area (Å²) in [5, 5.41) is 0.615. The fourth-order valence-electron chi connectivity index (χ4n) is 3.35. The van der Waals surface area contributed by atoms with Gasteiger partial charge in [0.1, 0.15) is 17.2 Å². The maximum atomic E-state index is 13.5. The van der Waals surface area contributed by atoms with Crippen molar-refractivity contribution >= 4 is 19.4 Å². The molecule has 0 saturated carbocycles. The van der Waals surface area contributed by atoms with Gasteiger partial charge in [-0.15, -0.1) is 0 Å². The van der Waals surface area contributed by atoms with Gasteiger partial charge in [-0.3, -0.25) is 4.79 Å². The van der Waals surface area contributed by atoms with E-state index < -0.39 is 18.9 Å². The zero-order valence-corrected chi connectivity index (χ0v) is 22.9. The molecule has 184 valence electrons. The smallest absolute Gasteiger partial charge is 1.00 e. The van der Waals surface area contributed by atoms with Crippen molar-refractivity contribution in [2.24, 2.45) is 0 Å². The van der Waals surface area contributed by atoms with Crippen LogP contribution in [-0.4, -0.2) is 45.7 Å². The summed E-state index contributed by atoms with van der Waals surface area (Å²) in [4.78, 5) is 13.5. The molecule has 0 radical (unpaired) electrons. The quantitative estimate of drug-likeness (QED) is 0.258. The number of carbonyl (C=O) groups is 1. The standard InChI is InChI=1S/C25H35O7P.Li.H/c1-14-10-15(2)23(16(3)11-14)25(26)33-24-21(31-18(5)28-8)12-20(30-17(4)27-7)13-22(24)32-19(6)29-9;;/h10-13,17-19,33H,1-9H3;;/q;+1;-1. The Morgan fingerprint density at radius 3 is 1.59 bits per heavy atom. The first-order valence-corrected chi connectivity index (χ1v) is 11.7. The Bertz CT molecular complexity index is 917. The Kier molecular flexibility index (Phi) is 12.6. The molecule has 0 aliphatic heterocycles. The fourth-order valence-corrected chi connectivity index (χ4v) is 4.61.